The normalized spacial score (nSPS) is 41.9. The summed E-state index contributed by atoms with van der Waals surface area (Å²) in [5.41, 5.74) is 0. The molecule has 0 aromatic heterocycles. The minimum atomic E-state index is -0.170. The summed E-state index contributed by atoms with van der Waals surface area (Å²) in [5, 5.41) is 6.20. The molecule has 1 aliphatic heterocycles. The van der Waals surface area contributed by atoms with Gasteiger partial charge in [0.1, 0.15) is 6.04 Å². The van der Waals surface area contributed by atoms with E-state index >= 15 is 0 Å². The smallest absolute Gasteiger partial charge is 0.240 e. The highest BCUT2D eigenvalue weighted by Gasteiger charge is 2.37. The lowest BCUT2D eigenvalue weighted by Crippen LogP contribution is -2.55. The van der Waals surface area contributed by atoms with Crippen molar-refractivity contribution in [3.05, 3.63) is 0 Å². The largest absolute Gasteiger partial charge is 0.375 e. The van der Waals surface area contributed by atoms with Crippen molar-refractivity contribution in [2.45, 2.75) is 38.5 Å². The highest BCUT2D eigenvalue weighted by atomic mass is 16.5. The first-order valence-electron chi connectivity index (χ1n) is 5.34. The van der Waals surface area contributed by atoms with E-state index in [1.54, 1.807) is 0 Å². The van der Waals surface area contributed by atoms with E-state index in [0.29, 0.717) is 18.6 Å². The van der Waals surface area contributed by atoms with Gasteiger partial charge in [-0.25, -0.2) is 0 Å². The van der Waals surface area contributed by atoms with E-state index in [0.717, 1.165) is 13.0 Å². The highest BCUT2D eigenvalue weighted by molar-refractivity contribution is 5.83. The second kappa shape index (κ2) is 3.87. The van der Waals surface area contributed by atoms with Crippen LogP contribution in [0.15, 0.2) is 0 Å². The zero-order chi connectivity index (χ0) is 10.1. The maximum Gasteiger partial charge on any atom is 0.240 e. The van der Waals surface area contributed by atoms with Gasteiger partial charge in [-0.1, -0.05) is 6.92 Å². The van der Waals surface area contributed by atoms with Crippen molar-refractivity contribution in [3.8, 4) is 0 Å². The van der Waals surface area contributed by atoms with E-state index in [1.807, 2.05) is 6.92 Å². The second-order valence-corrected chi connectivity index (χ2v) is 4.34. The maximum atomic E-state index is 11.8. The summed E-state index contributed by atoms with van der Waals surface area (Å²) in [6, 6.07) is 0.231. The Hall–Kier alpha value is -0.610. The number of carbonyl (C=O) groups excluding carboxylic acids is 1. The van der Waals surface area contributed by atoms with Gasteiger partial charge >= 0.3 is 0 Å². The lowest BCUT2D eigenvalue weighted by atomic mass is 10.1. The fourth-order valence-electron chi connectivity index (χ4n) is 1.82. The van der Waals surface area contributed by atoms with Crippen LogP contribution in [-0.4, -0.2) is 37.2 Å². The van der Waals surface area contributed by atoms with E-state index in [1.165, 1.54) is 0 Å². The number of carbonyl (C=O) groups is 1. The van der Waals surface area contributed by atoms with Crippen molar-refractivity contribution >= 4 is 5.91 Å². The quantitative estimate of drug-likeness (QED) is 0.651. The molecule has 2 aliphatic rings. The molecule has 1 saturated heterocycles. The van der Waals surface area contributed by atoms with E-state index < -0.39 is 0 Å². The van der Waals surface area contributed by atoms with Gasteiger partial charge in [0.15, 0.2) is 0 Å². The summed E-state index contributed by atoms with van der Waals surface area (Å²) >= 11 is 0. The van der Waals surface area contributed by atoms with Crippen LogP contribution < -0.4 is 10.6 Å². The summed E-state index contributed by atoms with van der Waals surface area (Å²) in [6.45, 7) is 5.55. The Kier molecular flexibility index (Phi) is 2.74. The molecule has 0 aromatic carbocycles. The molecule has 80 valence electrons. The van der Waals surface area contributed by atoms with Gasteiger partial charge in [0.2, 0.25) is 5.91 Å². The predicted octanol–water partition coefficient (Wildman–Crippen LogP) is -0.112. The fraction of sp³-hybridized carbons (Fsp3) is 0.900. The van der Waals surface area contributed by atoms with Crippen LogP contribution in [0.2, 0.25) is 0 Å². The van der Waals surface area contributed by atoms with Gasteiger partial charge in [-0.3, -0.25) is 4.79 Å². The van der Waals surface area contributed by atoms with Crippen molar-refractivity contribution in [1.29, 1.82) is 0 Å². The summed E-state index contributed by atoms with van der Waals surface area (Å²) in [6.07, 6.45) is 1.10. The molecule has 2 N–H and O–H groups in total. The van der Waals surface area contributed by atoms with Crippen molar-refractivity contribution in [1.82, 2.24) is 10.6 Å². The van der Waals surface area contributed by atoms with Crippen LogP contribution in [0.3, 0.4) is 0 Å². The van der Waals surface area contributed by atoms with Crippen molar-refractivity contribution in [2.24, 2.45) is 5.92 Å². The van der Waals surface area contributed by atoms with Crippen LogP contribution in [0.1, 0.15) is 20.3 Å². The van der Waals surface area contributed by atoms with E-state index in [4.69, 9.17) is 4.74 Å². The van der Waals surface area contributed by atoms with Gasteiger partial charge in [0, 0.05) is 12.6 Å². The third-order valence-electron chi connectivity index (χ3n) is 3.04. The number of amides is 1. The number of hydrogen-bond acceptors (Lipinski definition) is 3. The summed E-state index contributed by atoms with van der Waals surface area (Å²) in [5.74, 6) is 0.741. The topological polar surface area (TPSA) is 50.4 Å². The van der Waals surface area contributed by atoms with Crippen LogP contribution in [0.4, 0.5) is 0 Å². The van der Waals surface area contributed by atoms with Gasteiger partial charge in [0.25, 0.3) is 0 Å². The lowest BCUT2D eigenvalue weighted by molar-refractivity contribution is -0.129. The zero-order valence-electron chi connectivity index (χ0n) is 8.75. The summed E-state index contributed by atoms with van der Waals surface area (Å²) < 4.78 is 5.42. The van der Waals surface area contributed by atoms with Crippen molar-refractivity contribution < 1.29 is 9.53 Å². The first kappa shape index (κ1) is 9.93. The molecular weight excluding hydrogens is 180 g/mol. The SMILES string of the molecule is CC1CC1NC(=O)C1NCCOC1C. The van der Waals surface area contributed by atoms with Crippen LogP contribution >= 0.6 is 0 Å². The molecule has 4 heteroatoms. The monoisotopic (exact) mass is 198 g/mol. The van der Waals surface area contributed by atoms with Gasteiger partial charge in [-0.15, -0.1) is 0 Å². The molecule has 1 saturated carbocycles. The molecule has 0 aromatic rings. The molecule has 14 heavy (non-hydrogen) atoms. The van der Waals surface area contributed by atoms with Gasteiger partial charge < -0.3 is 15.4 Å². The first-order chi connectivity index (χ1) is 6.68. The molecule has 0 spiro atoms. The molecule has 1 heterocycles. The maximum absolute atomic E-state index is 11.8. The molecule has 1 aliphatic carbocycles. The van der Waals surface area contributed by atoms with E-state index in [9.17, 15) is 4.79 Å². The first-order valence-corrected chi connectivity index (χ1v) is 5.34. The molecule has 2 rings (SSSR count). The Morgan fingerprint density at radius 2 is 2.21 bits per heavy atom. The molecule has 1 amide bonds. The Bertz CT molecular complexity index is 232. The minimum absolute atomic E-state index is 0.0159. The average Bonchev–Trinajstić information content (AvgIpc) is 2.82. The van der Waals surface area contributed by atoms with Gasteiger partial charge in [0.05, 0.1) is 12.7 Å². The third-order valence-corrected chi connectivity index (χ3v) is 3.04. The Labute approximate surface area is 84.4 Å². The number of nitrogens with one attached hydrogen (secondary N) is 2. The Morgan fingerprint density at radius 3 is 2.79 bits per heavy atom. The van der Waals surface area contributed by atoms with Crippen molar-refractivity contribution in [2.75, 3.05) is 13.2 Å². The Morgan fingerprint density at radius 1 is 1.50 bits per heavy atom. The molecule has 4 nitrogen and oxygen atoms in total. The third kappa shape index (κ3) is 2.07. The number of hydrogen-bond donors (Lipinski definition) is 2. The molecule has 4 atom stereocenters. The second-order valence-electron chi connectivity index (χ2n) is 4.34. The van der Waals surface area contributed by atoms with Crippen LogP contribution in [0, 0.1) is 5.92 Å². The summed E-state index contributed by atoms with van der Waals surface area (Å²) in [4.78, 5) is 11.8. The van der Waals surface area contributed by atoms with Crippen LogP contribution in [-0.2, 0) is 9.53 Å². The van der Waals surface area contributed by atoms with Crippen molar-refractivity contribution in [3.63, 3.8) is 0 Å². The van der Waals surface area contributed by atoms with Crippen LogP contribution in [0.5, 0.6) is 0 Å². The minimum Gasteiger partial charge on any atom is -0.375 e. The predicted molar refractivity (Wildman–Crippen MR) is 52.9 cm³/mol. The lowest BCUT2D eigenvalue weighted by Gasteiger charge is -2.29. The van der Waals surface area contributed by atoms with Gasteiger partial charge in [-0.05, 0) is 19.3 Å². The zero-order valence-corrected chi connectivity index (χ0v) is 8.75. The molecule has 0 bridgehead atoms. The van der Waals surface area contributed by atoms with E-state index in [2.05, 4.69) is 17.6 Å². The average molecular weight is 198 g/mol. The number of rotatable bonds is 2. The molecule has 2 fully saturated rings. The Balaban J connectivity index is 1.83. The molecule has 4 unspecified atom stereocenters. The van der Waals surface area contributed by atoms with Crippen LogP contribution in [0.25, 0.3) is 0 Å². The van der Waals surface area contributed by atoms with Gasteiger partial charge in [-0.2, -0.15) is 0 Å². The summed E-state index contributed by atoms with van der Waals surface area (Å²) in [7, 11) is 0. The fourth-order valence-corrected chi connectivity index (χ4v) is 1.82. The number of ether oxygens (including phenoxy) is 1. The highest BCUT2D eigenvalue weighted by Crippen LogP contribution is 2.29. The molecule has 0 radical (unpaired) electrons. The molecular formula is C10H18N2O2. The number of morpholine rings is 1. The van der Waals surface area contributed by atoms with E-state index in [-0.39, 0.29) is 18.1 Å². The standard InChI is InChI=1S/C10H18N2O2/c1-6-5-8(6)12-10(13)9-7(2)14-4-3-11-9/h6-9,11H,3-5H2,1-2H3,(H,12,13).